The number of nitrogens with zero attached hydrogens (tertiary/aromatic N) is 1. The molecule has 0 spiro atoms. The zero-order valence-electron chi connectivity index (χ0n) is 8.61. The Morgan fingerprint density at radius 3 is 2.69 bits per heavy atom. The van der Waals surface area contributed by atoms with Gasteiger partial charge in [0.25, 0.3) is 0 Å². The summed E-state index contributed by atoms with van der Waals surface area (Å²) in [6, 6.07) is 9.74. The molecule has 1 aromatic rings. The quantitative estimate of drug-likeness (QED) is 0.819. The van der Waals surface area contributed by atoms with Crippen LogP contribution in [0, 0.1) is 11.3 Å². The van der Waals surface area contributed by atoms with Gasteiger partial charge in [0.15, 0.2) is 0 Å². The first-order valence-corrected chi connectivity index (χ1v) is 5.82. The molecule has 1 aliphatic rings. The average molecular weight is 276 g/mol. The fourth-order valence-electron chi connectivity index (χ4n) is 1.48. The molecule has 16 heavy (non-hydrogen) atoms. The summed E-state index contributed by atoms with van der Waals surface area (Å²) < 4.78 is 6.67. The molecular weight excluding hydrogens is 266 g/mol. The van der Waals surface area contributed by atoms with E-state index in [4.69, 9.17) is 10.00 Å². The van der Waals surface area contributed by atoms with Gasteiger partial charge in [-0.15, -0.1) is 0 Å². The molecule has 0 bridgehead atoms. The van der Waals surface area contributed by atoms with Crippen molar-refractivity contribution >= 4 is 15.9 Å². The van der Waals surface area contributed by atoms with Crippen LogP contribution < -0.4 is 4.74 Å². The summed E-state index contributed by atoms with van der Waals surface area (Å²) in [5, 5.41) is 8.95. The SMILES string of the molecule is N#CC1=C(Oc2ccc(Br)cc2)C=CCC1. The maximum absolute atomic E-state index is 8.95. The number of benzene rings is 1. The number of allylic oxidation sites excluding steroid dienone is 3. The topological polar surface area (TPSA) is 33.0 Å². The lowest BCUT2D eigenvalue weighted by molar-refractivity contribution is 0.435. The number of rotatable bonds is 2. The Hall–Kier alpha value is -1.53. The van der Waals surface area contributed by atoms with Crippen molar-refractivity contribution in [3.05, 3.63) is 52.2 Å². The first-order chi connectivity index (χ1) is 7.79. The maximum atomic E-state index is 8.95. The molecule has 0 radical (unpaired) electrons. The lowest BCUT2D eigenvalue weighted by Crippen LogP contribution is -2.00. The van der Waals surface area contributed by atoms with Gasteiger partial charge in [0.2, 0.25) is 0 Å². The van der Waals surface area contributed by atoms with E-state index in [9.17, 15) is 0 Å². The fourth-order valence-corrected chi connectivity index (χ4v) is 1.74. The smallest absolute Gasteiger partial charge is 0.140 e. The highest BCUT2D eigenvalue weighted by atomic mass is 79.9. The second kappa shape index (κ2) is 5.00. The van der Waals surface area contributed by atoms with Crippen LogP contribution >= 0.6 is 15.9 Å². The van der Waals surface area contributed by atoms with E-state index in [0.717, 1.165) is 23.1 Å². The Kier molecular flexibility index (Phi) is 3.43. The van der Waals surface area contributed by atoms with Crippen LogP contribution in [0.1, 0.15) is 12.8 Å². The molecule has 3 heteroatoms. The van der Waals surface area contributed by atoms with Crippen LogP contribution in [0.15, 0.2) is 52.2 Å². The number of hydrogen-bond acceptors (Lipinski definition) is 2. The normalized spacial score (nSPS) is 14.8. The Morgan fingerprint density at radius 2 is 2.00 bits per heavy atom. The molecule has 0 saturated heterocycles. The standard InChI is InChI=1S/C13H10BrNO/c14-11-5-7-12(8-6-11)16-13-4-2-1-3-10(13)9-15/h2,4-8H,1,3H2. The zero-order valence-corrected chi connectivity index (χ0v) is 10.2. The minimum Gasteiger partial charge on any atom is -0.456 e. The zero-order chi connectivity index (χ0) is 11.4. The molecule has 0 atom stereocenters. The molecule has 0 amide bonds. The molecule has 0 aromatic heterocycles. The van der Waals surface area contributed by atoms with Gasteiger partial charge in [-0.25, -0.2) is 0 Å². The van der Waals surface area contributed by atoms with Gasteiger partial charge >= 0.3 is 0 Å². The third kappa shape index (κ3) is 2.53. The molecule has 0 heterocycles. The first kappa shape index (κ1) is 11.0. The minimum atomic E-state index is 0.663. The number of nitriles is 1. The van der Waals surface area contributed by atoms with Gasteiger partial charge in [-0.3, -0.25) is 0 Å². The van der Waals surface area contributed by atoms with Gasteiger partial charge in [0, 0.05) is 4.47 Å². The highest BCUT2D eigenvalue weighted by Gasteiger charge is 2.09. The van der Waals surface area contributed by atoms with Gasteiger partial charge in [-0.05, 0) is 43.2 Å². The minimum absolute atomic E-state index is 0.663. The van der Waals surface area contributed by atoms with Crippen molar-refractivity contribution < 1.29 is 4.74 Å². The van der Waals surface area contributed by atoms with Crippen LogP contribution in [0.3, 0.4) is 0 Å². The van der Waals surface area contributed by atoms with E-state index < -0.39 is 0 Å². The summed E-state index contributed by atoms with van der Waals surface area (Å²) in [4.78, 5) is 0. The summed E-state index contributed by atoms with van der Waals surface area (Å²) in [6.07, 6.45) is 5.56. The Labute approximate surface area is 103 Å². The van der Waals surface area contributed by atoms with Crippen LogP contribution in [0.4, 0.5) is 0 Å². The number of hydrogen-bond donors (Lipinski definition) is 0. The Morgan fingerprint density at radius 1 is 1.25 bits per heavy atom. The van der Waals surface area contributed by atoms with Crippen LogP contribution in [-0.2, 0) is 0 Å². The van der Waals surface area contributed by atoms with Crippen LogP contribution in [0.25, 0.3) is 0 Å². The molecule has 80 valence electrons. The van der Waals surface area contributed by atoms with Crippen LogP contribution in [0.5, 0.6) is 5.75 Å². The van der Waals surface area contributed by atoms with Crippen molar-refractivity contribution in [1.82, 2.24) is 0 Å². The molecule has 0 N–H and O–H groups in total. The molecular formula is C13H10BrNO. The molecule has 0 aliphatic heterocycles. The summed E-state index contributed by atoms with van der Waals surface area (Å²) in [5.74, 6) is 1.41. The average Bonchev–Trinajstić information content (AvgIpc) is 2.33. The monoisotopic (exact) mass is 275 g/mol. The summed E-state index contributed by atoms with van der Waals surface area (Å²) >= 11 is 3.36. The molecule has 1 aromatic carbocycles. The van der Waals surface area contributed by atoms with Crippen LogP contribution in [-0.4, -0.2) is 0 Å². The van der Waals surface area contributed by atoms with E-state index >= 15 is 0 Å². The molecule has 0 unspecified atom stereocenters. The summed E-state index contributed by atoms with van der Waals surface area (Å²) in [5.41, 5.74) is 0.713. The third-order valence-electron chi connectivity index (χ3n) is 2.30. The molecule has 0 saturated carbocycles. The number of halogens is 1. The molecule has 0 fully saturated rings. The Balaban J connectivity index is 2.21. The molecule has 2 rings (SSSR count). The largest absolute Gasteiger partial charge is 0.456 e. The van der Waals surface area contributed by atoms with Crippen molar-refractivity contribution in [1.29, 1.82) is 5.26 Å². The van der Waals surface area contributed by atoms with Gasteiger partial charge in [-0.1, -0.05) is 22.0 Å². The van der Waals surface area contributed by atoms with Crippen molar-refractivity contribution in [3.8, 4) is 11.8 Å². The van der Waals surface area contributed by atoms with E-state index in [1.54, 1.807) is 0 Å². The van der Waals surface area contributed by atoms with Gasteiger partial charge in [-0.2, -0.15) is 5.26 Å². The van der Waals surface area contributed by atoms with Crippen molar-refractivity contribution in [3.63, 3.8) is 0 Å². The van der Waals surface area contributed by atoms with Gasteiger partial charge in [0.1, 0.15) is 11.5 Å². The predicted octanol–water partition coefficient (Wildman–Crippen LogP) is 3.96. The van der Waals surface area contributed by atoms with Gasteiger partial charge in [0.05, 0.1) is 11.6 Å². The summed E-state index contributed by atoms with van der Waals surface area (Å²) in [7, 11) is 0. The highest BCUT2D eigenvalue weighted by molar-refractivity contribution is 9.10. The second-order valence-corrected chi connectivity index (χ2v) is 4.37. The highest BCUT2D eigenvalue weighted by Crippen LogP contribution is 2.23. The fraction of sp³-hybridized carbons (Fsp3) is 0.154. The van der Waals surface area contributed by atoms with Crippen LogP contribution in [0.2, 0.25) is 0 Å². The van der Waals surface area contributed by atoms with E-state index in [1.807, 2.05) is 36.4 Å². The van der Waals surface area contributed by atoms with E-state index in [1.165, 1.54) is 0 Å². The van der Waals surface area contributed by atoms with Gasteiger partial charge < -0.3 is 4.74 Å². The number of ether oxygens (including phenoxy) is 1. The second-order valence-electron chi connectivity index (χ2n) is 3.45. The third-order valence-corrected chi connectivity index (χ3v) is 2.83. The van der Waals surface area contributed by atoms with E-state index in [-0.39, 0.29) is 0 Å². The molecule has 1 aliphatic carbocycles. The lowest BCUT2D eigenvalue weighted by atomic mass is 10.1. The Bertz CT molecular complexity index is 480. The van der Waals surface area contributed by atoms with Crippen molar-refractivity contribution in [2.24, 2.45) is 0 Å². The van der Waals surface area contributed by atoms with E-state index in [0.29, 0.717) is 11.3 Å². The van der Waals surface area contributed by atoms with Crippen molar-refractivity contribution in [2.45, 2.75) is 12.8 Å². The summed E-state index contributed by atoms with van der Waals surface area (Å²) in [6.45, 7) is 0. The predicted molar refractivity (Wildman–Crippen MR) is 65.8 cm³/mol. The molecule has 2 nitrogen and oxygen atoms in total. The van der Waals surface area contributed by atoms with E-state index in [2.05, 4.69) is 22.0 Å². The lowest BCUT2D eigenvalue weighted by Gasteiger charge is -2.11. The maximum Gasteiger partial charge on any atom is 0.140 e. The van der Waals surface area contributed by atoms with Crippen molar-refractivity contribution in [2.75, 3.05) is 0 Å². The first-order valence-electron chi connectivity index (χ1n) is 5.03.